The third-order valence-corrected chi connectivity index (χ3v) is 4.88. The Hall–Kier alpha value is -0.490. The van der Waals surface area contributed by atoms with Gasteiger partial charge in [0.25, 0.3) is 0 Å². The van der Waals surface area contributed by atoms with Crippen molar-refractivity contribution in [2.45, 2.75) is 19.8 Å². The van der Waals surface area contributed by atoms with Gasteiger partial charge in [-0.15, -0.1) is 0 Å². The lowest BCUT2D eigenvalue weighted by Crippen LogP contribution is -2.06. The van der Waals surface area contributed by atoms with Gasteiger partial charge in [-0.25, -0.2) is 9.37 Å². The molecule has 0 N–H and O–H groups in total. The molecule has 0 saturated heterocycles. The second kappa shape index (κ2) is 7.33. The summed E-state index contributed by atoms with van der Waals surface area (Å²) in [6, 6.07) is 3.13. The fourth-order valence-electron chi connectivity index (χ4n) is 1.40. The minimum atomic E-state index is -3.90. The summed E-state index contributed by atoms with van der Waals surface area (Å²) in [5.74, 6) is -1.75. The summed E-state index contributed by atoms with van der Waals surface area (Å²) in [5.41, 5.74) is -0.0652. The first-order valence-electron chi connectivity index (χ1n) is 5.71. The molecule has 0 radical (unpaired) electrons. The molecule has 1 atom stereocenters. The number of ether oxygens (including phenoxy) is 1. The molecule has 108 valence electrons. The summed E-state index contributed by atoms with van der Waals surface area (Å²) >= 11 is 3.16. The lowest BCUT2D eigenvalue weighted by atomic mass is 10.4. The van der Waals surface area contributed by atoms with Gasteiger partial charge in [0, 0.05) is 10.5 Å². The van der Waals surface area contributed by atoms with Crippen LogP contribution in [0.4, 0.5) is 4.39 Å². The third-order valence-electron chi connectivity index (χ3n) is 2.18. The summed E-state index contributed by atoms with van der Waals surface area (Å²) in [5, 5.41) is 0. The molecule has 5 nitrogen and oxygen atoms in total. The van der Waals surface area contributed by atoms with Gasteiger partial charge in [-0.1, -0.05) is 0 Å². The van der Waals surface area contributed by atoms with Crippen molar-refractivity contribution in [3.05, 3.63) is 22.3 Å². The first kappa shape index (κ1) is 16.6. The quantitative estimate of drug-likeness (QED) is 0.689. The lowest BCUT2D eigenvalue weighted by molar-refractivity contribution is 0.188. The van der Waals surface area contributed by atoms with Crippen molar-refractivity contribution in [2.75, 3.05) is 20.3 Å². The predicted octanol–water partition coefficient (Wildman–Crippen LogP) is 4.09. The first-order valence-corrected chi connectivity index (χ1v) is 8.12. The summed E-state index contributed by atoms with van der Waals surface area (Å²) in [6.45, 7) is 3.40. The molecule has 0 aromatic carbocycles. The van der Waals surface area contributed by atoms with E-state index in [2.05, 4.69) is 20.9 Å². The van der Waals surface area contributed by atoms with Crippen LogP contribution in [0, 0.1) is 0 Å². The van der Waals surface area contributed by atoms with Crippen molar-refractivity contribution in [2.24, 2.45) is 0 Å². The Balaban J connectivity index is 3.15. The van der Waals surface area contributed by atoms with Crippen molar-refractivity contribution < 1.29 is 22.7 Å². The van der Waals surface area contributed by atoms with Crippen LogP contribution in [0.2, 0.25) is 0 Å². The highest BCUT2D eigenvalue weighted by atomic mass is 79.9. The molecule has 1 heterocycles. The standard InChI is InChI=1S/C11H16BrFNO4P/c1-4-17-19(15,18-5-2)11(13)10-8(12)6-7-9(14-10)16-3/h6-7,11H,4-5H2,1-3H3. The van der Waals surface area contributed by atoms with Crippen molar-refractivity contribution in [1.29, 1.82) is 0 Å². The lowest BCUT2D eigenvalue weighted by Gasteiger charge is -2.21. The summed E-state index contributed by atoms with van der Waals surface area (Å²) in [6.07, 6.45) is 0. The van der Waals surface area contributed by atoms with E-state index in [4.69, 9.17) is 13.8 Å². The molecule has 19 heavy (non-hydrogen) atoms. The SMILES string of the molecule is CCOP(=O)(OCC)C(F)c1nc(OC)ccc1Br. The van der Waals surface area contributed by atoms with Crippen LogP contribution in [0.25, 0.3) is 0 Å². The van der Waals surface area contributed by atoms with Crippen molar-refractivity contribution in [3.8, 4) is 5.88 Å². The number of nitrogens with zero attached hydrogens (tertiary/aromatic N) is 1. The van der Waals surface area contributed by atoms with Crippen LogP contribution >= 0.6 is 23.5 Å². The van der Waals surface area contributed by atoms with Gasteiger partial charge < -0.3 is 13.8 Å². The van der Waals surface area contributed by atoms with Gasteiger partial charge in [-0.3, -0.25) is 4.57 Å². The summed E-state index contributed by atoms with van der Waals surface area (Å²) in [7, 11) is -2.49. The minimum Gasteiger partial charge on any atom is -0.481 e. The van der Waals surface area contributed by atoms with Crippen LogP contribution in [0.1, 0.15) is 25.5 Å². The van der Waals surface area contributed by atoms with Crippen molar-refractivity contribution in [1.82, 2.24) is 4.98 Å². The van der Waals surface area contributed by atoms with E-state index in [1.165, 1.54) is 7.11 Å². The minimum absolute atomic E-state index is 0.0652. The number of rotatable bonds is 7. The highest BCUT2D eigenvalue weighted by Gasteiger charge is 2.39. The number of hydrogen-bond donors (Lipinski definition) is 0. The van der Waals surface area contributed by atoms with Gasteiger partial charge in [0.2, 0.25) is 11.8 Å². The van der Waals surface area contributed by atoms with E-state index in [0.29, 0.717) is 4.47 Å². The van der Waals surface area contributed by atoms with Crippen LogP contribution < -0.4 is 4.74 Å². The molecule has 1 aromatic rings. The topological polar surface area (TPSA) is 57.7 Å². The van der Waals surface area contributed by atoms with Gasteiger partial charge in [-0.05, 0) is 35.8 Å². The Bertz CT molecular complexity index is 464. The highest BCUT2D eigenvalue weighted by Crippen LogP contribution is 2.62. The molecule has 1 aromatic heterocycles. The zero-order valence-corrected chi connectivity index (χ0v) is 13.4. The van der Waals surface area contributed by atoms with Crippen LogP contribution in [-0.2, 0) is 13.6 Å². The Kier molecular flexibility index (Phi) is 6.39. The molecule has 0 saturated carbocycles. The maximum Gasteiger partial charge on any atom is 0.370 e. The normalized spacial score (nSPS) is 13.3. The molecule has 0 aliphatic rings. The molecular formula is C11H16BrFNO4P. The summed E-state index contributed by atoms with van der Waals surface area (Å²) in [4.78, 5) is 3.94. The zero-order chi connectivity index (χ0) is 14.5. The second-order valence-corrected chi connectivity index (χ2v) is 6.34. The van der Waals surface area contributed by atoms with E-state index >= 15 is 0 Å². The average Bonchev–Trinajstić information content (AvgIpc) is 2.39. The maximum atomic E-state index is 14.5. The Morgan fingerprint density at radius 3 is 2.42 bits per heavy atom. The molecule has 0 aliphatic heterocycles. The zero-order valence-electron chi connectivity index (χ0n) is 10.9. The van der Waals surface area contributed by atoms with Crippen LogP contribution in [0.5, 0.6) is 5.88 Å². The van der Waals surface area contributed by atoms with Gasteiger partial charge in [0.15, 0.2) is 0 Å². The first-order chi connectivity index (χ1) is 8.98. The second-order valence-electron chi connectivity index (χ2n) is 3.43. The van der Waals surface area contributed by atoms with E-state index in [9.17, 15) is 8.96 Å². The Morgan fingerprint density at radius 1 is 1.37 bits per heavy atom. The fourth-order valence-corrected chi connectivity index (χ4v) is 3.55. The monoisotopic (exact) mass is 355 g/mol. The smallest absolute Gasteiger partial charge is 0.370 e. The van der Waals surface area contributed by atoms with E-state index in [1.54, 1.807) is 26.0 Å². The van der Waals surface area contributed by atoms with E-state index in [-0.39, 0.29) is 24.8 Å². The number of halogens is 2. The highest BCUT2D eigenvalue weighted by molar-refractivity contribution is 9.10. The van der Waals surface area contributed by atoms with Gasteiger partial charge in [-0.2, -0.15) is 0 Å². The molecule has 0 bridgehead atoms. The van der Waals surface area contributed by atoms with Gasteiger partial charge in [0.05, 0.1) is 20.3 Å². The van der Waals surface area contributed by atoms with E-state index in [0.717, 1.165) is 0 Å². The molecule has 1 unspecified atom stereocenters. The number of aromatic nitrogens is 1. The predicted molar refractivity (Wildman–Crippen MR) is 73.2 cm³/mol. The van der Waals surface area contributed by atoms with Crippen molar-refractivity contribution >= 4 is 23.5 Å². The molecular weight excluding hydrogens is 340 g/mol. The van der Waals surface area contributed by atoms with E-state index in [1.807, 2.05) is 0 Å². The number of methoxy groups -OCH3 is 1. The molecule has 0 amide bonds. The number of pyridine rings is 1. The average molecular weight is 356 g/mol. The van der Waals surface area contributed by atoms with Crippen molar-refractivity contribution in [3.63, 3.8) is 0 Å². The van der Waals surface area contributed by atoms with Crippen LogP contribution in [0.15, 0.2) is 16.6 Å². The van der Waals surface area contributed by atoms with Gasteiger partial charge >= 0.3 is 7.60 Å². The largest absolute Gasteiger partial charge is 0.481 e. The number of hydrogen-bond acceptors (Lipinski definition) is 5. The molecule has 1 rings (SSSR count). The number of alkyl halides is 1. The van der Waals surface area contributed by atoms with Crippen LogP contribution in [-0.4, -0.2) is 25.3 Å². The molecule has 0 spiro atoms. The Labute approximate surface area is 120 Å². The van der Waals surface area contributed by atoms with Crippen LogP contribution in [0.3, 0.4) is 0 Å². The molecule has 0 aliphatic carbocycles. The fraction of sp³-hybridized carbons (Fsp3) is 0.545. The van der Waals surface area contributed by atoms with Gasteiger partial charge in [0.1, 0.15) is 5.69 Å². The maximum absolute atomic E-state index is 14.5. The van der Waals surface area contributed by atoms with E-state index < -0.39 is 13.5 Å². The Morgan fingerprint density at radius 2 is 1.95 bits per heavy atom. The summed E-state index contributed by atoms with van der Waals surface area (Å²) < 4.78 is 42.1. The molecule has 0 fully saturated rings. The molecule has 8 heteroatoms. The third kappa shape index (κ3) is 3.99.